The number of aliphatic hydroxyl groups is 1. The Morgan fingerprint density at radius 1 is 0.962 bits per heavy atom. The number of ether oxygens (including phenoxy) is 1. The lowest BCUT2D eigenvalue weighted by Crippen LogP contribution is -2.52. The number of carbonyl (C=O) groups is 1. The second-order valence-corrected chi connectivity index (χ2v) is 7.02. The molecule has 2 aromatic carbocycles. The molecular formula is C21H25NO4. The van der Waals surface area contributed by atoms with Gasteiger partial charge in [0.15, 0.2) is 6.23 Å². The van der Waals surface area contributed by atoms with Crippen molar-refractivity contribution in [2.24, 2.45) is 5.92 Å². The Balaban J connectivity index is 0.00000196. The Hall–Kier alpha value is -2.21. The summed E-state index contributed by atoms with van der Waals surface area (Å²) >= 11 is 0. The molecule has 0 amide bonds. The molecule has 5 nitrogen and oxygen atoms in total. The molecule has 26 heavy (non-hydrogen) atoms. The first-order valence-corrected chi connectivity index (χ1v) is 8.96. The molecule has 0 radical (unpaired) electrons. The lowest BCUT2D eigenvalue weighted by molar-refractivity contribution is -0.187. The van der Waals surface area contributed by atoms with Crippen LogP contribution < -0.4 is 0 Å². The van der Waals surface area contributed by atoms with Crippen LogP contribution in [0.5, 0.6) is 0 Å². The largest absolute Gasteiger partial charge is 0.444 e. The molecule has 0 aliphatic carbocycles. The number of piperidine rings is 3. The minimum atomic E-state index is -1.79. The third kappa shape index (κ3) is 3.26. The molecule has 0 aromatic heterocycles. The van der Waals surface area contributed by atoms with Gasteiger partial charge in [0.25, 0.3) is 0 Å². The van der Waals surface area contributed by atoms with Crippen LogP contribution >= 0.6 is 0 Å². The molecule has 3 aliphatic heterocycles. The quantitative estimate of drug-likeness (QED) is 0.852. The van der Waals surface area contributed by atoms with Gasteiger partial charge in [-0.2, -0.15) is 0 Å². The van der Waals surface area contributed by atoms with Crippen LogP contribution in [0, 0.1) is 5.92 Å². The highest BCUT2D eigenvalue weighted by atomic mass is 16.6. The molecule has 1 unspecified atom stereocenters. The molecular weight excluding hydrogens is 330 g/mol. The highest BCUT2D eigenvalue weighted by Gasteiger charge is 2.45. The van der Waals surface area contributed by atoms with E-state index in [4.69, 9.17) is 4.74 Å². The Bertz CT molecular complexity index is 687. The lowest BCUT2D eigenvalue weighted by atomic mass is 9.85. The third-order valence-corrected chi connectivity index (χ3v) is 5.51. The van der Waals surface area contributed by atoms with Crippen LogP contribution in [0.25, 0.3) is 0 Å². The van der Waals surface area contributed by atoms with Gasteiger partial charge in [0.1, 0.15) is 0 Å². The number of hydrogen-bond donors (Lipinski definition) is 1. The molecule has 3 heterocycles. The lowest BCUT2D eigenvalue weighted by Gasteiger charge is -2.45. The van der Waals surface area contributed by atoms with Crippen LogP contribution in [-0.4, -0.2) is 40.8 Å². The number of hydrogen-bond acceptors (Lipinski definition) is 4. The van der Waals surface area contributed by atoms with E-state index in [2.05, 4.69) is 4.90 Å². The minimum Gasteiger partial charge on any atom is -0.444 e. The summed E-state index contributed by atoms with van der Waals surface area (Å²) in [6, 6.07) is 18.1. The first kappa shape index (κ1) is 18.6. The molecule has 2 aromatic rings. The fraction of sp³-hybridized carbons (Fsp3) is 0.381. The number of nitrogens with zero attached hydrogens (tertiary/aromatic N) is 1. The third-order valence-electron chi connectivity index (χ3n) is 5.51. The van der Waals surface area contributed by atoms with Gasteiger partial charge >= 0.3 is 5.97 Å². The molecule has 3 N–H and O–H groups in total. The maximum absolute atomic E-state index is 13.1. The molecule has 5 heteroatoms. The highest BCUT2D eigenvalue weighted by Crippen LogP contribution is 2.36. The Labute approximate surface area is 153 Å². The van der Waals surface area contributed by atoms with E-state index in [1.165, 1.54) is 12.8 Å². The van der Waals surface area contributed by atoms with Crippen molar-refractivity contribution in [1.29, 1.82) is 0 Å². The predicted molar refractivity (Wildman–Crippen MR) is 98.3 cm³/mol. The van der Waals surface area contributed by atoms with Crippen LogP contribution in [0.4, 0.5) is 0 Å². The molecule has 5 rings (SSSR count). The SMILES string of the molecule is O.O=C(OC1CC2CCN1CC2)C(O)(c1ccccc1)c1ccccc1. The average molecular weight is 355 g/mol. The molecule has 2 bridgehead atoms. The van der Waals surface area contributed by atoms with E-state index in [1.54, 1.807) is 24.3 Å². The van der Waals surface area contributed by atoms with Crippen molar-refractivity contribution in [3.8, 4) is 0 Å². The van der Waals surface area contributed by atoms with Gasteiger partial charge in [0.05, 0.1) is 0 Å². The van der Waals surface area contributed by atoms with Gasteiger partial charge < -0.3 is 15.3 Å². The first-order valence-electron chi connectivity index (χ1n) is 8.96. The van der Waals surface area contributed by atoms with Gasteiger partial charge in [0, 0.05) is 19.5 Å². The van der Waals surface area contributed by atoms with E-state index >= 15 is 0 Å². The van der Waals surface area contributed by atoms with Crippen LogP contribution in [0.3, 0.4) is 0 Å². The van der Waals surface area contributed by atoms with Crippen molar-refractivity contribution in [3.05, 3.63) is 71.8 Å². The summed E-state index contributed by atoms with van der Waals surface area (Å²) in [7, 11) is 0. The fourth-order valence-corrected chi connectivity index (χ4v) is 4.00. The average Bonchev–Trinajstić information content (AvgIpc) is 2.69. The van der Waals surface area contributed by atoms with Crippen molar-refractivity contribution in [1.82, 2.24) is 4.90 Å². The molecule has 138 valence electrons. The monoisotopic (exact) mass is 355 g/mol. The van der Waals surface area contributed by atoms with Gasteiger partial charge in [0.2, 0.25) is 5.60 Å². The van der Waals surface area contributed by atoms with Crippen molar-refractivity contribution in [2.75, 3.05) is 13.1 Å². The number of esters is 1. The van der Waals surface area contributed by atoms with Gasteiger partial charge in [-0.1, -0.05) is 60.7 Å². The zero-order valence-corrected chi connectivity index (χ0v) is 14.7. The van der Waals surface area contributed by atoms with Gasteiger partial charge in [-0.3, -0.25) is 4.90 Å². The number of benzene rings is 2. The summed E-state index contributed by atoms with van der Waals surface area (Å²) in [5, 5.41) is 11.4. The summed E-state index contributed by atoms with van der Waals surface area (Å²) in [6.45, 7) is 1.94. The minimum absolute atomic E-state index is 0. The van der Waals surface area contributed by atoms with Crippen LogP contribution in [0.15, 0.2) is 60.7 Å². The maximum Gasteiger partial charge on any atom is 0.349 e. The van der Waals surface area contributed by atoms with Gasteiger partial charge in [-0.15, -0.1) is 0 Å². The Morgan fingerprint density at radius 3 is 1.88 bits per heavy atom. The number of fused-ring (bicyclic) bond motifs is 3. The van der Waals surface area contributed by atoms with Crippen molar-refractivity contribution in [2.45, 2.75) is 31.1 Å². The maximum atomic E-state index is 13.1. The zero-order valence-electron chi connectivity index (χ0n) is 14.7. The molecule has 3 fully saturated rings. The van der Waals surface area contributed by atoms with Gasteiger partial charge in [-0.25, -0.2) is 4.79 Å². The van der Waals surface area contributed by atoms with E-state index in [0.717, 1.165) is 19.5 Å². The zero-order chi connectivity index (χ0) is 17.3. The number of carbonyl (C=O) groups excluding carboxylic acids is 1. The van der Waals surface area contributed by atoms with E-state index in [1.807, 2.05) is 36.4 Å². The smallest absolute Gasteiger partial charge is 0.349 e. The molecule has 1 atom stereocenters. The Kier molecular flexibility index (Phi) is 5.41. The second kappa shape index (κ2) is 7.58. The van der Waals surface area contributed by atoms with E-state index < -0.39 is 11.6 Å². The summed E-state index contributed by atoms with van der Waals surface area (Å²) in [5.41, 5.74) is -0.732. The van der Waals surface area contributed by atoms with E-state index in [0.29, 0.717) is 17.0 Å². The predicted octanol–water partition coefficient (Wildman–Crippen LogP) is 2.08. The Morgan fingerprint density at radius 2 is 1.46 bits per heavy atom. The van der Waals surface area contributed by atoms with E-state index in [-0.39, 0.29) is 11.7 Å². The van der Waals surface area contributed by atoms with Crippen LogP contribution in [0.2, 0.25) is 0 Å². The fourth-order valence-electron chi connectivity index (χ4n) is 4.00. The van der Waals surface area contributed by atoms with Crippen LogP contribution in [-0.2, 0) is 15.1 Å². The van der Waals surface area contributed by atoms with Crippen molar-refractivity contribution < 1.29 is 20.1 Å². The highest BCUT2D eigenvalue weighted by molar-refractivity contribution is 5.85. The molecule has 0 saturated carbocycles. The number of rotatable bonds is 4. The van der Waals surface area contributed by atoms with Crippen LogP contribution in [0.1, 0.15) is 30.4 Å². The molecule has 3 aliphatic rings. The standard InChI is InChI=1S/C21H23NO3.H2O/c23-20(25-19-15-16-11-13-22(19)14-12-16)21(24,17-7-3-1-4-8-17)18-9-5-2-6-10-18;/h1-10,16,19,24H,11-15H2;1H2. The first-order chi connectivity index (χ1) is 12.2. The topological polar surface area (TPSA) is 81.3 Å². The normalized spacial score (nSPS) is 24.6. The van der Waals surface area contributed by atoms with E-state index in [9.17, 15) is 9.90 Å². The summed E-state index contributed by atoms with van der Waals surface area (Å²) in [6.07, 6.45) is 3.00. The van der Waals surface area contributed by atoms with Crippen molar-refractivity contribution in [3.63, 3.8) is 0 Å². The second-order valence-electron chi connectivity index (χ2n) is 7.02. The molecule has 0 spiro atoms. The summed E-state index contributed by atoms with van der Waals surface area (Å²) < 4.78 is 5.84. The molecule has 3 saturated heterocycles. The van der Waals surface area contributed by atoms with Gasteiger partial charge in [-0.05, 0) is 29.9 Å². The van der Waals surface area contributed by atoms with Crippen molar-refractivity contribution >= 4 is 5.97 Å². The summed E-state index contributed by atoms with van der Waals surface area (Å²) in [5.74, 6) is 0.0341. The summed E-state index contributed by atoms with van der Waals surface area (Å²) in [4.78, 5) is 15.3.